The third-order valence-corrected chi connectivity index (χ3v) is 6.24. The Morgan fingerprint density at radius 3 is 2.88 bits per heavy atom. The van der Waals surface area contributed by atoms with Crippen LogP contribution < -0.4 is 15.4 Å². The molecule has 1 heterocycles. The monoisotopic (exact) mass is 395 g/mol. The van der Waals surface area contributed by atoms with E-state index in [-0.39, 0.29) is 21.9 Å². The molecular weight excluding hydrogens is 377 g/mol. The van der Waals surface area contributed by atoms with Crippen molar-refractivity contribution in [2.24, 2.45) is 5.41 Å². The number of benzene rings is 1. The number of amides is 1. The molecule has 0 saturated heterocycles. The highest BCUT2D eigenvalue weighted by molar-refractivity contribution is 7.09. The first-order chi connectivity index (χ1) is 12.5. The Bertz CT molecular complexity index is 795. The van der Waals surface area contributed by atoms with Crippen molar-refractivity contribution in [3.63, 3.8) is 0 Å². The van der Waals surface area contributed by atoms with Gasteiger partial charge in [-0.25, -0.2) is 9.37 Å². The molecule has 8 heteroatoms. The normalized spacial score (nSPS) is 25.9. The molecule has 138 valence electrons. The van der Waals surface area contributed by atoms with Crippen LogP contribution in [0.5, 0.6) is 5.75 Å². The predicted octanol–water partition coefficient (Wildman–Crippen LogP) is 3.14. The van der Waals surface area contributed by atoms with Gasteiger partial charge in [0.2, 0.25) is 5.91 Å². The summed E-state index contributed by atoms with van der Waals surface area (Å²) in [5, 5.41) is 9.38. The summed E-state index contributed by atoms with van der Waals surface area (Å²) in [5.74, 6) is 0.107. The predicted molar refractivity (Wildman–Crippen MR) is 97.9 cm³/mol. The molecule has 0 radical (unpaired) electrons. The van der Waals surface area contributed by atoms with E-state index < -0.39 is 5.82 Å². The second-order valence-corrected chi connectivity index (χ2v) is 8.44. The van der Waals surface area contributed by atoms with Crippen molar-refractivity contribution in [3.05, 3.63) is 45.6 Å². The van der Waals surface area contributed by atoms with Gasteiger partial charge in [0.25, 0.3) is 0 Å². The number of nitrogens with one attached hydrogen (secondary N) is 2. The average Bonchev–Trinajstić information content (AvgIpc) is 3.06. The Balaban J connectivity index is 1.16. The highest BCUT2D eigenvalue weighted by Gasteiger charge is 2.71. The second-order valence-electron chi connectivity index (χ2n) is 7.05. The number of carbonyl (C=O) groups excluding carboxylic acids is 1. The summed E-state index contributed by atoms with van der Waals surface area (Å²) in [6, 6.07) is 4.41. The minimum Gasteiger partial charge on any atom is -0.492 e. The van der Waals surface area contributed by atoms with Crippen LogP contribution in [0.1, 0.15) is 24.3 Å². The summed E-state index contributed by atoms with van der Waals surface area (Å²) in [5.41, 5.74) is -0.141. The van der Waals surface area contributed by atoms with Crippen LogP contribution in [0, 0.1) is 11.2 Å². The third-order valence-electron chi connectivity index (χ3n) is 5.16. The van der Waals surface area contributed by atoms with Gasteiger partial charge in [0.1, 0.15) is 23.2 Å². The van der Waals surface area contributed by atoms with E-state index in [2.05, 4.69) is 15.6 Å². The number of thiazole rings is 1. The van der Waals surface area contributed by atoms with Crippen molar-refractivity contribution in [1.29, 1.82) is 0 Å². The van der Waals surface area contributed by atoms with Crippen LogP contribution in [0.15, 0.2) is 29.8 Å². The fourth-order valence-corrected chi connectivity index (χ4v) is 4.63. The molecule has 3 saturated carbocycles. The first kappa shape index (κ1) is 17.7. The molecule has 0 aliphatic heterocycles. The van der Waals surface area contributed by atoms with E-state index >= 15 is 0 Å². The molecule has 2 N–H and O–H groups in total. The summed E-state index contributed by atoms with van der Waals surface area (Å²) in [6.07, 6.45) is 4.32. The third kappa shape index (κ3) is 3.31. The lowest BCUT2D eigenvalue weighted by Gasteiger charge is -2.69. The van der Waals surface area contributed by atoms with Gasteiger partial charge in [-0.3, -0.25) is 4.79 Å². The number of nitrogens with zero attached hydrogens (tertiary/aromatic N) is 1. The van der Waals surface area contributed by atoms with Crippen LogP contribution in [0.2, 0.25) is 5.02 Å². The van der Waals surface area contributed by atoms with Crippen molar-refractivity contribution in [2.45, 2.75) is 31.3 Å². The number of hydrogen-bond donors (Lipinski definition) is 2. The van der Waals surface area contributed by atoms with Gasteiger partial charge in [0, 0.05) is 29.7 Å². The maximum Gasteiger partial charge on any atom is 0.226 e. The molecule has 0 unspecified atom stereocenters. The summed E-state index contributed by atoms with van der Waals surface area (Å²) in [6.45, 7) is 1.59. The number of halogens is 2. The zero-order valence-electron chi connectivity index (χ0n) is 14.1. The summed E-state index contributed by atoms with van der Waals surface area (Å²) in [7, 11) is 0. The molecule has 3 aliphatic carbocycles. The zero-order valence-corrected chi connectivity index (χ0v) is 15.6. The quantitative estimate of drug-likeness (QED) is 0.674. The summed E-state index contributed by atoms with van der Waals surface area (Å²) >= 11 is 7.19. The lowest BCUT2D eigenvalue weighted by Crippen LogP contribution is -2.77. The van der Waals surface area contributed by atoms with E-state index in [1.807, 2.05) is 5.38 Å². The van der Waals surface area contributed by atoms with Crippen molar-refractivity contribution >= 4 is 28.8 Å². The minimum atomic E-state index is -0.484. The second kappa shape index (κ2) is 6.79. The molecular formula is C18H19ClFN3O2S. The van der Waals surface area contributed by atoms with Gasteiger partial charge >= 0.3 is 0 Å². The van der Waals surface area contributed by atoms with Crippen LogP contribution in [-0.4, -0.2) is 29.6 Å². The van der Waals surface area contributed by atoms with Gasteiger partial charge in [0.05, 0.1) is 17.0 Å². The van der Waals surface area contributed by atoms with E-state index in [4.69, 9.17) is 16.3 Å². The number of rotatable bonds is 8. The fraction of sp³-hybridized carbons (Fsp3) is 0.444. The van der Waals surface area contributed by atoms with E-state index in [0.29, 0.717) is 25.4 Å². The lowest BCUT2D eigenvalue weighted by molar-refractivity contribution is -0.181. The standard InChI is InChI=1S/C18H19ClFN3O2S/c19-13-2-1-12(7-14(13)20)25-5-3-23-18-9-17(10-18,11-18)16(24)22-8-15-21-4-6-26-15/h1-2,4,6-7,23H,3,5,8-11H2,(H,22,24). The maximum atomic E-state index is 13.3. The smallest absolute Gasteiger partial charge is 0.226 e. The summed E-state index contributed by atoms with van der Waals surface area (Å²) in [4.78, 5) is 16.5. The fourth-order valence-electron chi connectivity index (χ4n) is 3.95. The summed E-state index contributed by atoms with van der Waals surface area (Å²) < 4.78 is 18.9. The molecule has 2 aromatic rings. The topological polar surface area (TPSA) is 63.2 Å². The molecule has 0 spiro atoms. The van der Waals surface area contributed by atoms with E-state index in [0.717, 1.165) is 24.3 Å². The van der Waals surface area contributed by atoms with Crippen molar-refractivity contribution < 1.29 is 13.9 Å². The van der Waals surface area contributed by atoms with Gasteiger partial charge in [-0.1, -0.05) is 11.6 Å². The maximum absolute atomic E-state index is 13.3. The molecule has 26 heavy (non-hydrogen) atoms. The van der Waals surface area contributed by atoms with E-state index in [1.54, 1.807) is 23.6 Å². The van der Waals surface area contributed by atoms with Crippen LogP contribution in [0.3, 0.4) is 0 Å². The largest absolute Gasteiger partial charge is 0.492 e. The average molecular weight is 396 g/mol. The van der Waals surface area contributed by atoms with Crippen LogP contribution in [0.4, 0.5) is 4.39 Å². The SMILES string of the molecule is O=C(NCc1nccs1)C12CC(NCCOc3ccc(Cl)c(F)c3)(C1)C2. The van der Waals surface area contributed by atoms with Crippen LogP contribution >= 0.6 is 22.9 Å². The molecule has 1 aromatic carbocycles. The van der Waals surface area contributed by atoms with Gasteiger partial charge in [0.15, 0.2) is 0 Å². The van der Waals surface area contributed by atoms with E-state index in [9.17, 15) is 9.18 Å². The molecule has 3 aliphatic rings. The number of carbonyl (C=O) groups is 1. The lowest BCUT2D eigenvalue weighted by atomic mass is 9.39. The van der Waals surface area contributed by atoms with Crippen LogP contribution in [0.25, 0.3) is 0 Å². The molecule has 0 atom stereocenters. The van der Waals surface area contributed by atoms with Gasteiger partial charge in [-0.2, -0.15) is 0 Å². The van der Waals surface area contributed by atoms with Gasteiger partial charge in [-0.15, -0.1) is 11.3 Å². The Hall–Kier alpha value is -1.70. The van der Waals surface area contributed by atoms with Gasteiger partial charge in [-0.05, 0) is 31.4 Å². The van der Waals surface area contributed by atoms with Crippen molar-refractivity contribution in [3.8, 4) is 5.75 Å². The number of aromatic nitrogens is 1. The molecule has 5 nitrogen and oxygen atoms in total. The number of ether oxygens (including phenoxy) is 1. The first-order valence-electron chi connectivity index (χ1n) is 8.50. The molecule has 5 rings (SSSR count). The Morgan fingerprint density at radius 2 is 2.19 bits per heavy atom. The zero-order chi connectivity index (χ0) is 18.2. The first-order valence-corrected chi connectivity index (χ1v) is 9.76. The highest BCUT2D eigenvalue weighted by atomic mass is 35.5. The molecule has 2 bridgehead atoms. The van der Waals surface area contributed by atoms with E-state index in [1.165, 1.54) is 12.1 Å². The van der Waals surface area contributed by atoms with Gasteiger partial charge < -0.3 is 15.4 Å². The Labute approximate surface area is 159 Å². The van der Waals surface area contributed by atoms with Crippen LogP contribution in [-0.2, 0) is 11.3 Å². The Kier molecular flexibility index (Phi) is 4.62. The highest BCUT2D eigenvalue weighted by Crippen LogP contribution is 2.67. The molecule has 1 amide bonds. The molecule has 3 fully saturated rings. The van der Waals surface area contributed by atoms with Crippen molar-refractivity contribution in [1.82, 2.24) is 15.6 Å². The minimum absolute atomic E-state index is 0.0626. The van der Waals surface area contributed by atoms with Crippen molar-refractivity contribution in [2.75, 3.05) is 13.2 Å². The Morgan fingerprint density at radius 1 is 1.38 bits per heavy atom. The number of hydrogen-bond acceptors (Lipinski definition) is 5. The molecule has 1 aromatic heterocycles.